The topological polar surface area (TPSA) is 68.3 Å². The number of nitrogens with one attached hydrogen (secondary N) is 1. The Bertz CT molecular complexity index is 1310. The van der Waals surface area contributed by atoms with Gasteiger partial charge in [0.05, 0.1) is 34.6 Å². The molecule has 3 aromatic carbocycles. The maximum Gasteiger partial charge on any atom is 0.340 e. The molecule has 4 aromatic rings. The molecule has 0 saturated heterocycles. The van der Waals surface area contributed by atoms with Gasteiger partial charge < -0.3 is 10.1 Å². The van der Waals surface area contributed by atoms with Gasteiger partial charge in [-0.05, 0) is 44.5 Å². The van der Waals surface area contributed by atoms with Gasteiger partial charge in [-0.25, -0.2) is 9.78 Å². The van der Waals surface area contributed by atoms with E-state index < -0.39 is 5.97 Å². The summed E-state index contributed by atoms with van der Waals surface area (Å²) in [5.41, 5.74) is 5.62. The fourth-order valence-corrected chi connectivity index (χ4v) is 3.76. The molecule has 0 aliphatic heterocycles. The summed E-state index contributed by atoms with van der Waals surface area (Å²) in [4.78, 5) is 30.7. The molecule has 160 valence electrons. The molecule has 1 amide bonds. The van der Waals surface area contributed by atoms with E-state index in [1.807, 2.05) is 62.4 Å². The molecule has 0 aliphatic carbocycles. The molecule has 5 heteroatoms. The number of anilines is 1. The molecule has 4 rings (SSSR count). The van der Waals surface area contributed by atoms with Crippen molar-refractivity contribution in [3.63, 3.8) is 0 Å². The van der Waals surface area contributed by atoms with Crippen molar-refractivity contribution in [1.82, 2.24) is 4.98 Å². The number of carbonyl (C=O) groups excluding carboxylic acids is 2. The van der Waals surface area contributed by atoms with Crippen LogP contribution >= 0.6 is 0 Å². The Hall–Kier alpha value is -3.99. The maximum atomic E-state index is 13.5. The number of nitrogens with zero attached hydrogens (tertiary/aromatic N) is 1. The third-order valence-electron chi connectivity index (χ3n) is 5.36. The fourth-order valence-electron chi connectivity index (χ4n) is 3.76. The molecule has 1 N–H and O–H groups in total. The first-order valence-electron chi connectivity index (χ1n) is 10.5. The Morgan fingerprint density at radius 3 is 2.34 bits per heavy atom. The Morgan fingerprint density at radius 2 is 1.59 bits per heavy atom. The number of hydrogen-bond acceptors (Lipinski definition) is 4. The number of rotatable bonds is 5. The number of fused-ring (bicyclic) bond motifs is 1. The van der Waals surface area contributed by atoms with Crippen LogP contribution in [-0.2, 0) is 4.74 Å². The van der Waals surface area contributed by atoms with Gasteiger partial charge in [-0.15, -0.1) is 0 Å². The number of carbonyl (C=O) groups is 2. The summed E-state index contributed by atoms with van der Waals surface area (Å²) >= 11 is 0. The summed E-state index contributed by atoms with van der Waals surface area (Å²) < 4.78 is 5.14. The minimum Gasteiger partial charge on any atom is -0.462 e. The maximum absolute atomic E-state index is 13.5. The summed E-state index contributed by atoms with van der Waals surface area (Å²) in [6.45, 7) is 5.94. The van der Waals surface area contributed by atoms with Crippen LogP contribution in [0.4, 0.5) is 5.69 Å². The molecule has 0 bridgehead atoms. The van der Waals surface area contributed by atoms with Crippen LogP contribution in [0.1, 0.15) is 38.8 Å². The molecule has 0 aliphatic rings. The SMILES string of the molecule is CCOC(=O)c1ccccc1NC(=O)c1c(C)c(-c2ccc(C)cc2)nc2ccccc12. The predicted molar refractivity (Wildman–Crippen MR) is 127 cm³/mol. The molecule has 0 saturated carbocycles. The molecule has 32 heavy (non-hydrogen) atoms. The second-order valence-electron chi connectivity index (χ2n) is 7.56. The van der Waals surface area contributed by atoms with Crippen LogP contribution in [-0.4, -0.2) is 23.5 Å². The fraction of sp³-hybridized carbons (Fsp3) is 0.148. The third kappa shape index (κ3) is 4.10. The zero-order valence-electron chi connectivity index (χ0n) is 18.3. The minimum atomic E-state index is -0.472. The van der Waals surface area contributed by atoms with Crippen LogP contribution in [0.15, 0.2) is 72.8 Å². The van der Waals surface area contributed by atoms with Gasteiger partial charge in [-0.3, -0.25) is 4.79 Å². The summed E-state index contributed by atoms with van der Waals surface area (Å²) in [6.07, 6.45) is 0. The lowest BCUT2D eigenvalue weighted by atomic mass is 9.96. The van der Waals surface area contributed by atoms with Crippen LogP contribution in [0.2, 0.25) is 0 Å². The van der Waals surface area contributed by atoms with Crippen molar-refractivity contribution in [1.29, 1.82) is 0 Å². The molecule has 0 unspecified atom stereocenters. The zero-order chi connectivity index (χ0) is 22.7. The number of hydrogen-bond donors (Lipinski definition) is 1. The molecule has 0 radical (unpaired) electrons. The highest BCUT2D eigenvalue weighted by atomic mass is 16.5. The monoisotopic (exact) mass is 424 g/mol. The predicted octanol–water partition coefficient (Wildman–Crippen LogP) is 5.95. The zero-order valence-corrected chi connectivity index (χ0v) is 18.3. The highest BCUT2D eigenvalue weighted by Gasteiger charge is 2.21. The lowest BCUT2D eigenvalue weighted by Crippen LogP contribution is -2.18. The van der Waals surface area contributed by atoms with E-state index in [9.17, 15) is 9.59 Å². The number of esters is 1. The minimum absolute atomic E-state index is 0.259. The van der Waals surface area contributed by atoms with Crippen molar-refractivity contribution in [2.45, 2.75) is 20.8 Å². The van der Waals surface area contributed by atoms with Crippen LogP contribution < -0.4 is 5.32 Å². The quantitative estimate of drug-likeness (QED) is 0.402. The first kappa shape index (κ1) is 21.2. The first-order valence-corrected chi connectivity index (χ1v) is 10.5. The van der Waals surface area contributed by atoms with Crippen LogP contribution in [0, 0.1) is 13.8 Å². The van der Waals surface area contributed by atoms with Crippen LogP contribution in [0.3, 0.4) is 0 Å². The van der Waals surface area contributed by atoms with Crippen molar-refractivity contribution in [3.8, 4) is 11.3 Å². The van der Waals surface area contributed by atoms with Crippen LogP contribution in [0.25, 0.3) is 22.2 Å². The van der Waals surface area contributed by atoms with Crippen molar-refractivity contribution in [2.75, 3.05) is 11.9 Å². The van der Waals surface area contributed by atoms with Gasteiger partial charge in [-0.1, -0.05) is 60.2 Å². The second kappa shape index (κ2) is 9.02. The number of benzene rings is 3. The number of para-hydroxylation sites is 2. The van der Waals surface area contributed by atoms with E-state index in [-0.39, 0.29) is 12.5 Å². The smallest absolute Gasteiger partial charge is 0.340 e. The van der Waals surface area contributed by atoms with Gasteiger partial charge in [0.15, 0.2) is 0 Å². The third-order valence-corrected chi connectivity index (χ3v) is 5.36. The molecular formula is C27H24N2O3. The van der Waals surface area contributed by atoms with Gasteiger partial charge in [-0.2, -0.15) is 0 Å². The number of ether oxygens (including phenoxy) is 1. The highest BCUT2D eigenvalue weighted by molar-refractivity contribution is 6.15. The summed E-state index contributed by atoms with van der Waals surface area (Å²) in [5, 5.41) is 3.68. The Balaban J connectivity index is 1.82. The average Bonchev–Trinajstić information content (AvgIpc) is 2.79. The molecule has 0 spiro atoms. The van der Waals surface area contributed by atoms with Crippen molar-refractivity contribution in [2.24, 2.45) is 0 Å². The molecule has 1 aromatic heterocycles. The van der Waals surface area contributed by atoms with E-state index in [4.69, 9.17) is 9.72 Å². The largest absolute Gasteiger partial charge is 0.462 e. The van der Waals surface area contributed by atoms with Gasteiger partial charge in [0.2, 0.25) is 0 Å². The average molecular weight is 425 g/mol. The van der Waals surface area contributed by atoms with Gasteiger partial charge in [0, 0.05) is 10.9 Å². The summed E-state index contributed by atoms with van der Waals surface area (Å²) in [7, 11) is 0. The number of pyridine rings is 1. The van der Waals surface area contributed by atoms with Crippen molar-refractivity contribution < 1.29 is 14.3 Å². The Kier molecular flexibility index (Phi) is 5.99. The van der Waals surface area contributed by atoms with Crippen LogP contribution in [0.5, 0.6) is 0 Å². The van der Waals surface area contributed by atoms with Crippen molar-refractivity contribution in [3.05, 3.63) is 95.1 Å². The van der Waals surface area contributed by atoms with Crippen molar-refractivity contribution >= 4 is 28.5 Å². The van der Waals surface area contributed by atoms with Gasteiger partial charge in [0.1, 0.15) is 0 Å². The standard InChI is InChI=1S/C27H24N2O3/c1-4-32-27(31)21-10-6-8-12-23(21)29-26(30)24-18(3)25(19-15-13-17(2)14-16-19)28-22-11-7-5-9-20(22)24/h5-16H,4H2,1-3H3,(H,29,30). The Labute approximate surface area is 187 Å². The van der Waals surface area contributed by atoms with E-state index in [0.29, 0.717) is 16.8 Å². The molecule has 0 atom stereocenters. The van der Waals surface area contributed by atoms with E-state index >= 15 is 0 Å². The second-order valence-corrected chi connectivity index (χ2v) is 7.56. The first-order chi connectivity index (χ1) is 15.5. The molecular weight excluding hydrogens is 400 g/mol. The van der Waals surface area contributed by atoms with Gasteiger partial charge >= 0.3 is 5.97 Å². The number of aryl methyl sites for hydroxylation is 1. The molecule has 5 nitrogen and oxygen atoms in total. The number of aromatic nitrogens is 1. The van der Waals surface area contributed by atoms with E-state index in [1.54, 1.807) is 31.2 Å². The van der Waals surface area contributed by atoms with E-state index in [0.717, 1.165) is 33.3 Å². The summed E-state index contributed by atoms with van der Waals surface area (Å²) in [6, 6.07) is 22.5. The molecule has 0 fully saturated rings. The van der Waals surface area contributed by atoms with E-state index in [1.165, 1.54) is 0 Å². The molecule has 1 heterocycles. The summed E-state index contributed by atoms with van der Waals surface area (Å²) in [5.74, 6) is -0.772. The lowest BCUT2D eigenvalue weighted by molar-refractivity contribution is 0.0527. The Morgan fingerprint density at radius 1 is 0.906 bits per heavy atom. The lowest BCUT2D eigenvalue weighted by Gasteiger charge is -2.16. The van der Waals surface area contributed by atoms with Gasteiger partial charge in [0.25, 0.3) is 5.91 Å². The highest BCUT2D eigenvalue weighted by Crippen LogP contribution is 2.31. The number of amides is 1. The van der Waals surface area contributed by atoms with E-state index in [2.05, 4.69) is 5.32 Å². The normalized spacial score (nSPS) is 10.7.